The number of halogens is 3. The van der Waals surface area contributed by atoms with E-state index in [1.807, 2.05) is 6.92 Å². The van der Waals surface area contributed by atoms with E-state index in [0.29, 0.717) is 28.6 Å². The maximum absolute atomic E-state index is 13.8. The van der Waals surface area contributed by atoms with Gasteiger partial charge in [-0.1, -0.05) is 54.4 Å². The smallest absolute Gasteiger partial charge is 0.264 e. The summed E-state index contributed by atoms with van der Waals surface area (Å²) in [6.45, 7) is 3.21. The van der Waals surface area contributed by atoms with Gasteiger partial charge in [0.25, 0.3) is 10.0 Å². The lowest BCUT2D eigenvalue weighted by atomic mass is 10.1. The Morgan fingerprint density at radius 2 is 1.66 bits per heavy atom. The van der Waals surface area contributed by atoms with Crippen LogP contribution in [-0.4, -0.2) is 44.3 Å². The van der Waals surface area contributed by atoms with Gasteiger partial charge in [0.05, 0.1) is 10.6 Å². The minimum atomic E-state index is -4.27. The van der Waals surface area contributed by atoms with Crippen molar-refractivity contribution < 1.29 is 22.4 Å². The highest BCUT2D eigenvalue weighted by molar-refractivity contribution is 7.92. The summed E-state index contributed by atoms with van der Waals surface area (Å²) < 4.78 is 41.7. The van der Waals surface area contributed by atoms with Gasteiger partial charge in [-0.2, -0.15) is 0 Å². The van der Waals surface area contributed by atoms with E-state index < -0.39 is 40.2 Å². The Morgan fingerprint density at radius 3 is 2.26 bits per heavy atom. The van der Waals surface area contributed by atoms with Crippen LogP contribution in [0.1, 0.15) is 25.8 Å². The third-order valence-corrected chi connectivity index (χ3v) is 8.17. The Bertz CT molecular complexity index is 1370. The van der Waals surface area contributed by atoms with Crippen molar-refractivity contribution in [2.45, 2.75) is 37.8 Å². The fourth-order valence-corrected chi connectivity index (χ4v) is 5.55. The van der Waals surface area contributed by atoms with Crippen LogP contribution < -0.4 is 9.62 Å². The highest BCUT2D eigenvalue weighted by Crippen LogP contribution is 2.26. The zero-order chi connectivity index (χ0) is 27.9. The zero-order valence-corrected chi connectivity index (χ0v) is 23.2. The molecule has 0 radical (unpaired) electrons. The average molecular weight is 581 g/mol. The van der Waals surface area contributed by atoms with Crippen molar-refractivity contribution in [1.82, 2.24) is 10.2 Å². The third-order valence-electron chi connectivity index (χ3n) is 5.80. The number of rotatable bonds is 11. The van der Waals surface area contributed by atoms with Crippen LogP contribution in [0.2, 0.25) is 10.0 Å². The molecule has 1 atom stereocenters. The molecule has 0 heterocycles. The molecule has 0 bridgehead atoms. The normalized spacial score (nSPS) is 12.0. The van der Waals surface area contributed by atoms with E-state index in [2.05, 4.69) is 5.32 Å². The first kappa shape index (κ1) is 29.4. The molecule has 1 N–H and O–H groups in total. The Balaban J connectivity index is 2.01. The van der Waals surface area contributed by atoms with Gasteiger partial charge in [0.1, 0.15) is 18.4 Å². The quantitative estimate of drug-likeness (QED) is 0.335. The molecular formula is C27H28Cl2FN3O4S. The second-order valence-corrected chi connectivity index (χ2v) is 11.2. The van der Waals surface area contributed by atoms with Gasteiger partial charge >= 0.3 is 0 Å². The molecule has 0 aliphatic heterocycles. The van der Waals surface area contributed by atoms with Crippen molar-refractivity contribution in [2.75, 3.05) is 17.4 Å². The number of carbonyl (C=O) groups is 2. The molecule has 3 aromatic rings. The molecule has 7 nitrogen and oxygen atoms in total. The van der Waals surface area contributed by atoms with Crippen molar-refractivity contribution in [3.8, 4) is 0 Å². The molecule has 0 fully saturated rings. The largest absolute Gasteiger partial charge is 0.354 e. The van der Waals surface area contributed by atoms with Crippen LogP contribution in [0.3, 0.4) is 0 Å². The number of hydrogen-bond donors (Lipinski definition) is 1. The summed E-state index contributed by atoms with van der Waals surface area (Å²) in [4.78, 5) is 27.7. The minimum absolute atomic E-state index is 0.0607. The lowest BCUT2D eigenvalue weighted by Gasteiger charge is -2.32. The summed E-state index contributed by atoms with van der Waals surface area (Å²) >= 11 is 12.4. The standard InChI is InChI=1S/C27H28Cl2FN3O4S/c1-3-15-31-27(35)19(2)32(17-20-9-10-21(28)16-25(20)29)26(34)18-33(23-7-5-4-6-8-23)38(36,37)24-13-11-22(30)12-14-24/h4-14,16,19H,3,15,17-18H2,1-2H3,(H,31,35)/t19-/m0/s1. The van der Waals surface area contributed by atoms with Crippen LogP contribution in [0.4, 0.5) is 10.1 Å². The van der Waals surface area contributed by atoms with Crippen LogP contribution in [0.25, 0.3) is 0 Å². The minimum Gasteiger partial charge on any atom is -0.354 e. The highest BCUT2D eigenvalue weighted by Gasteiger charge is 2.32. The van der Waals surface area contributed by atoms with E-state index in [9.17, 15) is 22.4 Å². The van der Waals surface area contributed by atoms with E-state index in [0.717, 1.165) is 28.6 Å². The molecule has 3 aromatic carbocycles. The molecule has 202 valence electrons. The fraction of sp³-hybridized carbons (Fsp3) is 0.259. The van der Waals surface area contributed by atoms with Crippen molar-refractivity contribution in [1.29, 1.82) is 0 Å². The maximum Gasteiger partial charge on any atom is 0.264 e. The van der Waals surface area contributed by atoms with Gasteiger partial charge < -0.3 is 10.2 Å². The van der Waals surface area contributed by atoms with Crippen LogP contribution in [0, 0.1) is 5.82 Å². The van der Waals surface area contributed by atoms with E-state index in [-0.39, 0.29) is 17.1 Å². The van der Waals surface area contributed by atoms with Crippen molar-refractivity contribution in [3.05, 3.63) is 94.2 Å². The average Bonchev–Trinajstić information content (AvgIpc) is 2.90. The monoisotopic (exact) mass is 579 g/mol. The Morgan fingerprint density at radius 1 is 1.00 bits per heavy atom. The van der Waals surface area contributed by atoms with Crippen LogP contribution in [0.5, 0.6) is 0 Å². The number of amides is 2. The van der Waals surface area contributed by atoms with Gasteiger partial charge in [-0.3, -0.25) is 13.9 Å². The Kier molecular flexibility index (Phi) is 10.1. The second-order valence-electron chi connectivity index (χ2n) is 8.53. The number of nitrogens with one attached hydrogen (secondary N) is 1. The van der Waals surface area contributed by atoms with Crippen LogP contribution >= 0.6 is 23.2 Å². The Labute approximate surface area is 232 Å². The number of nitrogens with zero attached hydrogens (tertiary/aromatic N) is 2. The molecule has 0 spiro atoms. The van der Waals surface area contributed by atoms with Gasteiger partial charge in [-0.05, 0) is 67.4 Å². The first-order chi connectivity index (χ1) is 18.0. The fourth-order valence-electron chi connectivity index (χ4n) is 3.67. The molecule has 2 amide bonds. The molecule has 3 rings (SSSR count). The second kappa shape index (κ2) is 13.1. The molecule has 38 heavy (non-hydrogen) atoms. The summed E-state index contributed by atoms with van der Waals surface area (Å²) in [6, 6.07) is 16.3. The molecule has 0 aliphatic carbocycles. The summed E-state index contributed by atoms with van der Waals surface area (Å²) in [6.07, 6.45) is 0.702. The number of hydrogen-bond acceptors (Lipinski definition) is 4. The van der Waals surface area contributed by atoms with Crippen molar-refractivity contribution >= 4 is 50.7 Å². The molecule has 0 saturated heterocycles. The predicted octanol–water partition coefficient (Wildman–Crippen LogP) is 5.27. The van der Waals surface area contributed by atoms with Crippen LogP contribution in [0.15, 0.2) is 77.7 Å². The first-order valence-electron chi connectivity index (χ1n) is 11.9. The van der Waals surface area contributed by atoms with Gasteiger partial charge in [0.2, 0.25) is 11.8 Å². The number of carbonyl (C=O) groups excluding carboxylic acids is 2. The number of para-hydroxylation sites is 1. The van der Waals surface area contributed by atoms with E-state index >= 15 is 0 Å². The maximum atomic E-state index is 13.8. The number of sulfonamides is 1. The SMILES string of the molecule is CCCNC(=O)[C@H](C)N(Cc1ccc(Cl)cc1Cl)C(=O)CN(c1ccccc1)S(=O)(=O)c1ccc(F)cc1. The first-order valence-corrected chi connectivity index (χ1v) is 14.1. The third kappa shape index (κ3) is 7.24. The molecule has 11 heteroatoms. The zero-order valence-electron chi connectivity index (χ0n) is 20.9. The number of anilines is 1. The summed E-state index contributed by atoms with van der Waals surface area (Å²) in [5, 5.41) is 3.48. The summed E-state index contributed by atoms with van der Waals surface area (Å²) in [5.41, 5.74) is 0.768. The van der Waals surface area contributed by atoms with E-state index in [1.54, 1.807) is 49.4 Å². The lowest BCUT2D eigenvalue weighted by molar-refractivity contribution is -0.139. The van der Waals surface area contributed by atoms with Gasteiger partial charge in [0.15, 0.2) is 0 Å². The molecule has 0 aromatic heterocycles. The lowest BCUT2D eigenvalue weighted by Crippen LogP contribution is -2.51. The molecule has 0 unspecified atom stereocenters. The van der Waals surface area contributed by atoms with E-state index in [4.69, 9.17) is 23.2 Å². The molecular weight excluding hydrogens is 552 g/mol. The van der Waals surface area contributed by atoms with Gasteiger partial charge in [-0.25, -0.2) is 12.8 Å². The number of benzene rings is 3. The highest BCUT2D eigenvalue weighted by atomic mass is 35.5. The summed E-state index contributed by atoms with van der Waals surface area (Å²) in [7, 11) is -4.27. The Hall–Kier alpha value is -3.14. The summed E-state index contributed by atoms with van der Waals surface area (Å²) in [5.74, 6) is -1.62. The van der Waals surface area contributed by atoms with Crippen molar-refractivity contribution in [2.24, 2.45) is 0 Å². The van der Waals surface area contributed by atoms with Crippen LogP contribution in [-0.2, 0) is 26.2 Å². The molecule has 0 aliphatic rings. The van der Waals surface area contributed by atoms with Gasteiger partial charge in [0, 0.05) is 23.1 Å². The van der Waals surface area contributed by atoms with Crippen molar-refractivity contribution in [3.63, 3.8) is 0 Å². The van der Waals surface area contributed by atoms with Gasteiger partial charge in [-0.15, -0.1) is 0 Å². The topological polar surface area (TPSA) is 86.8 Å². The predicted molar refractivity (Wildman–Crippen MR) is 147 cm³/mol. The molecule has 0 saturated carbocycles. The van der Waals surface area contributed by atoms with E-state index in [1.165, 1.54) is 11.0 Å².